The number of anilines is 1. The maximum absolute atomic E-state index is 13.2. The molecule has 0 fully saturated rings. The fourth-order valence-electron chi connectivity index (χ4n) is 3.43. The van der Waals surface area contributed by atoms with Gasteiger partial charge in [-0.3, -0.25) is 9.59 Å². The molecule has 7 heteroatoms. The molecule has 2 heterocycles. The molecule has 0 atom stereocenters. The third-order valence-corrected chi connectivity index (χ3v) is 5.95. The highest BCUT2D eigenvalue weighted by molar-refractivity contribution is 7.09. The van der Waals surface area contributed by atoms with E-state index in [2.05, 4.69) is 4.98 Å². The second-order valence-corrected chi connectivity index (χ2v) is 7.96. The highest BCUT2D eigenvalue weighted by Gasteiger charge is 2.19. The van der Waals surface area contributed by atoms with Gasteiger partial charge in [0.05, 0.1) is 13.7 Å². The molecule has 0 aliphatic rings. The van der Waals surface area contributed by atoms with Gasteiger partial charge >= 0.3 is 0 Å². The first-order chi connectivity index (χ1) is 14.4. The van der Waals surface area contributed by atoms with Gasteiger partial charge in [-0.25, -0.2) is 0 Å². The van der Waals surface area contributed by atoms with Crippen LogP contribution in [0.4, 0.5) is 5.69 Å². The summed E-state index contributed by atoms with van der Waals surface area (Å²) in [5.41, 5.74) is 2.68. The van der Waals surface area contributed by atoms with E-state index in [-0.39, 0.29) is 23.5 Å². The molecule has 0 bridgehead atoms. The zero-order valence-corrected chi connectivity index (χ0v) is 18.0. The average molecular weight is 422 g/mol. The lowest BCUT2D eigenvalue weighted by atomic mass is 9.99. The van der Waals surface area contributed by atoms with Crippen LogP contribution in [0.25, 0.3) is 0 Å². The van der Waals surface area contributed by atoms with E-state index in [4.69, 9.17) is 4.74 Å². The number of nitrogens with one attached hydrogen (secondary N) is 1. The molecule has 0 saturated heterocycles. The van der Waals surface area contributed by atoms with Gasteiger partial charge in [-0.2, -0.15) is 5.26 Å². The molecule has 6 nitrogen and oxygen atoms in total. The number of H-pyrrole nitrogens is 1. The van der Waals surface area contributed by atoms with E-state index in [1.54, 1.807) is 37.2 Å². The topological polar surface area (TPSA) is 86.2 Å². The predicted octanol–water partition coefficient (Wildman–Crippen LogP) is 4.10. The summed E-state index contributed by atoms with van der Waals surface area (Å²) in [6, 6.07) is 13.3. The number of aryl methyl sites for hydroxylation is 1. The van der Waals surface area contributed by atoms with E-state index in [0.717, 1.165) is 21.9 Å². The SMILES string of the molecule is COc1ccc(N(Cc2cccs2)C(=O)CCc2c(C)[nH]c(=O)c(C#N)c2C)cc1. The molecular weight excluding hydrogens is 398 g/mol. The Morgan fingerprint density at radius 2 is 1.97 bits per heavy atom. The number of methoxy groups -OCH3 is 1. The van der Waals surface area contributed by atoms with Crippen LogP contribution in [-0.2, 0) is 17.8 Å². The van der Waals surface area contributed by atoms with Crippen molar-refractivity contribution in [2.75, 3.05) is 12.0 Å². The van der Waals surface area contributed by atoms with Crippen molar-refractivity contribution in [2.24, 2.45) is 0 Å². The summed E-state index contributed by atoms with van der Waals surface area (Å²) in [6.45, 7) is 4.03. The van der Waals surface area contributed by atoms with Gasteiger partial charge in [0.2, 0.25) is 5.91 Å². The molecule has 154 valence electrons. The number of aromatic amines is 1. The second kappa shape index (κ2) is 9.42. The first kappa shape index (κ1) is 21.3. The number of carbonyl (C=O) groups excluding carboxylic acids is 1. The smallest absolute Gasteiger partial charge is 0.266 e. The maximum atomic E-state index is 13.2. The van der Waals surface area contributed by atoms with Crippen molar-refractivity contribution in [2.45, 2.75) is 33.2 Å². The molecule has 0 aliphatic carbocycles. The van der Waals surface area contributed by atoms with Crippen LogP contribution in [0.15, 0.2) is 46.6 Å². The largest absolute Gasteiger partial charge is 0.497 e. The molecule has 3 rings (SSSR count). The highest BCUT2D eigenvalue weighted by atomic mass is 32.1. The third-order valence-electron chi connectivity index (χ3n) is 5.09. The molecule has 0 aliphatic heterocycles. The van der Waals surface area contributed by atoms with E-state index in [1.165, 1.54) is 0 Å². The lowest BCUT2D eigenvalue weighted by Gasteiger charge is -2.23. The molecule has 1 N–H and O–H groups in total. The minimum Gasteiger partial charge on any atom is -0.497 e. The molecule has 0 saturated carbocycles. The van der Waals surface area contributed by atoms with Gasteiger partial charge in [0, 0.05) is 22.7 Å². The van der Waals surface area contributed by atoms with E-state index in [1.807, 2.05) is 47.8 Å². The Hall–Kier alpha value is -3.37. The van der Waals surface area contributed by atoms with Crippen LogP contribution < -0.4 is 15.2 Å². The standard InChI is InChI=1S/C23H23N3O3S/c1-15-20(16(2)25-23(28)21(15)13-24)10-11-22(27)26(14-19-5-4-12-30-19)17-6-8-18(29-3)9-7-17/h4-9,12H,10-11,14H2,1-3H3,(H,25,28). The number of nitrogens with zero attached hydrogens (tertiary/aromatic N) is 2. The van der Waals surface area contributed by atoms with E-state index in [0.29, 0.717) is 24.2 Å². The summed E-state index contributed by atoms with van der Waals surface area (Å²) in [7, 11) is 1.61. The number of carbonyl (C=O) groups is 1. The number of hydrogen-bond donors (Lipinski definition) is 1. The van der Waals surface area contributed by atoms with Gasteiger partial charge in [0.25, 0.3) is 5.56 Å². The monoisotopic (exact) mass is 421 g/mol. The molecule has 0 spiro atoms. The van der Waals surface area contributed by atoms with Crippen molar-refractivity contribution in [3.8, 4) is 11.8 Å². The lowest BCUT2D eigenvalue weighted by Crippen LogP contribution is -2.30. The van der Waals surface area contributed by atoms with E-state index >= 15 is 0 Å². The predicted molar refractivity (Wildman–Crippen MR) is 118 cm³/mol. The van der Waals surface area contributed by atoms with Gasteiger partial charge in [-0.15, -0.1) is 11.3 Å². The number of benzene rings is 1. The molecule has 1 amide bonds. The summed E-state index contributed by atoms with van der Waals surface area (Å²) in [6.07, 6.45) is 0.703. The van der Waals surface area contributed by atoms with Crippen molar-refractivity contribution in [1.82, 2.24) is 4.98 Å². The zero-order valence-electron chi connectivity index (χ0n) is 17.2. The van der Waals surface area contributed by atoms with Crippen LogP contribution in [0.3, 0.4) is 0 Å². The number of ether oxygens (including phenoxy) is 1. The van der Waals surface area contributed by atoms with E-state index in [9.17, 15) is 14.9 Å². The average Bonchev–Trinajstić information content (AvgIpc) is 3.25. The van der Waals surface area contributed by atoms with Gasteiger partial charge in [0.1, 0.15) is 17.4 Å². The first-order valence-corrected chi connectivity index (χ1v) is 10.4. The van der Waals surface area contributed by atoms with Gasteiger partial charge < -0.3 is 14.6 Å². The fraction of sp³-hybridized carbons (Fsp3) is 0.261. The Labute approximate surface area is 179 Å². The van der Waals surface area contributed by atoms with Crippen LogP contribution in [0.2, 0.25) is 0 Å². The Kier molecular flexibility index (Phi) is 6.70. The zero-order chi connectivity index (χ0) is 21.7. The summed E-state index contributed by atoms with van der Waals surface area (Å²) >= 11 is 1.60. The fourth-order valence-corrected chi connectivity index (χ4v) is 4.12. The molecule has 1 aromatic carbocycles. The minimum atomic E-state index is -0.389. The van der Waals surface area contributed by atoms with Crippen molar-refractivity contribution >= 4 is 22.9 Å². The number of hydrogen-bond acceptors (Lipinski definition) is 5. The Morgan fingerprint density at radius 3 is 2.57 bits per heavy atom. The normalized spacial score (nSPS) is 10.5. The van der Waals surface area contributed by atoms with Crippen molar-refractivity contribution in [3.05, 3.63) is 79.4 Å². The second-order valence-electron chi connectivity index (χ2n) is 6.93. The molecule has 3 aromatic rings. The molecule has 0 unspecified atom stereocenters. The van der Waals surface area contributed by atoms with Crippen LogP contribution in [0.5, 0.6) is 5.75 Å². The molecule has 0 radical (unpaired) electrons. The van der Waals surface area contributed by atoms with Crippen LogP contribution in [0.1, 0.15) is 33.7 Å². The highest BCUT2D eigenvalue weighted by Crippen LogP contribution is 2.24. The van der Waals surface area contributed by atoms with Gasteiger partial charge in [0.15, 0.2) is 0 Å². The maximum Gasteiger partial charge on any atom is 0.266 e. The number of rotatable bonds is 7. The van der Waals surface area contributed by atoms with Crippen LogP contribution in [0, 0.1) is 25.2 Å². The van der Waals surface area contributed by atoms with Gasteiger partial charge in [-0.1, -0.05) is 6.07 Å². The molecule has 30 heavy (non-hydrogen) atoms. The molecule has 2 aromatic heterocycles. The number of thiophene rings is 1. The molecular formula is C23H23N3O3S. The summed E-state index contributed by atoms with van der Waals surface area (Å²) < 4.78 is 5.22. The van der Waals surface area contributed by atoms with Gasteiger partial charge in [-0.05, 0) is 67.1 Å². The minimum absolute atomic E-state index is 0.0305. The van der Waals surface area contributed by atoms with Crippen LogP contribution in [-0.4, -0.2) is 18.0 Å². The summed E-state index contributed by atoms with van der Waals surface area (Å²) in [5, 5.41) is 11.2. The quantitative estimate of drug-likeness (QED) is 0.622. The van der Waals surface area contributed by atoms with Crippen molar-refractivity contribution in [1.29, 1.82) is 5.26 Å². The Bertz CT molecular complexity index is 1130. The van der Waals surface area contributed by atoms with E-state index < -0.39 is 0 Å². The van der Waals surface area contributed by atoms with Crippen molar-refractivity contribution < 1.29 is 9.53 Å². The lowest BCUT2D eigenvalue weighted by molar-refractivity contribution is -0.118. The number of aromatic nitrogens is 1. The first-order valence-electron chi connectivity index (χ1n) is 9.53. The Balaban J connectivity index is 1.85. The third kappa shape index (κ3) is 4.61. The number of nitriles is 1. The number of amides is 1. The number of pyridine rings is 1. The Morgan fingerprint density at radius 1 is 1.23 bits per heavy atom. The summed E-state index contributed by atoms with van der Waals surface area (Å²) in [5.74, 6) is 0.697. The summed E-state index contributed by atoms with van der Waals surface area (Å²) in [4.78, 5) is 30.7. The van der Waals surface area contributed by atoms with Crippen LogP contribution >= 0.6 is 11.3 Å². The van der Waals surface area contributed by atoms with Crippen molar-refractivity contribution in [3.63, 3.8) is 0 Å².